The summed E-state index contributed by atoms with van der Waals surface area (Å²) in [6, 6.07) is 1.24. The quantitative estimate of drug-likeness (QED) is 0.813. The summed E-state index contributed by atoms with van der Waals surface area (Å²) >= 11 is 0. The second kappa shape index (κ2) is 6.50. The zero-order valence-corrected chi connectivity index (χ0v) is 12.8. The van der Waals surface area contributed by atoms with E-state index in [1.165, 1.54) is 13.8 Å². The molecular weight excluding hydrogens is 346 g/mol. The van der Waals surface area contributed by atoms with Crippen LogP contribution in [-0.4, -0.2) is 37.1 Å². The van der Waals surface area contributed by atoms with Gasteiger partial charge in [-0.15, -0.1) is 0 Å². The number of hydrogen-bond donors (Lipinski definition) is 1. The lowest BCUT2D eigenvalue weighted by Gasteiger charge is -2.36. The van der Waals surface area contributed by atoms with E-state index < -0.39 is 36.1 Å². The minimum absolute atomic E-state index is 0.0822. The van der Waals surface area contributed by atoms with Crippen LogP contribution in [0.5, 0.6) is 5.75 Å². The van der Waals surface area contributed by atoms with Gasteiger partial charge >= 0.3 is 18.3 Å². The fraction of sp³-hybridized carbons (Fsp3) is 0.500. The van der Waals surface area contributed by atoms with Crippen molar-refractivity contribution in [2.75, 3.05) is 13.7 Å². The minimum Gasteiger partial charge on any atom is -0.481 e. The average molecular weight is 360 g/mol. The van der Waals surface area contributed by atoms with Crippen LogP contribution < -0.4 is 4.74 Å². The second-order valence-electron chi connectivity index (χ2n) is 5.00. The van der Waals surface area contributed by atoms with Crippen molar-refractivity contribution < 1.29 is 45.7 Å². The number of carboxylic acid groups (broad SMARTS) is 1. The first-order chi connectivity index (χ1) is 10.8. The summed E-state index contributed by atoms with van der Waals surface area (Å²) in [5.41, 5.74) is -5.83. The van der Waals surface area contributed by atoms with Crippen LogP contribution in [0.2, 0.25) is 0 Å². The highest BCUT2D eigenvalue weighted by molar-refractivity contribution is 5.68. The van der Waals surface area contributed by atoms with Crippen LogP contribution in [0.25, 0.3) is 0 Å². The number of methoxy groups -OCH3 is 1. The molecule has 24 heavy (non-hydrogen) atoms. The maximum Gasteiger partial charge on any atom is 0.430 e. The number of rotatable bonds is 5. The molecule has 0 bridgehead atoms. The third-order valence-corrected chi connectivity index (χ3v) is 3.31. The predicted octanol–water partition coefficient (Wildman–Crippen LogP) is 3.73. The van der Waals surface area contributed by atoms with E-state index >= 15 is 0 Å². The molecule has 0 fully saturated rings. The molecule has 0 atom stereocenters. The van der Waals surface area contributed by atoms with Gasteiger partial charge in [-0.05, 0) is 37.1 Å². The van der Waals surface area contributed by atoms with Gasteiger partial charge in [0, 0.05) is 12.7 Å². The third kappa shape index (κ3) is 3.42. The topological polar surface area (TPSA) is 55.8 Å². The fourth-order valence-corrected chi connectivity index (χ4v) is 2.35. The second-order valence-corrected chi connectivity index (χ2v) is 5.00. The summed E-state index contributed by atoms with van der Waals surface area (Å²) in [4.78, 5) is 10.5. The van der Waals surface area contributed by atoms with Crippen molar-refractivity contribution in [1.82, 2.24) is 0 Å². The van der Waals surface area contributed by atoms with Crippen LogP contribution in [-0.2, 0) is 15.1 Å². The molecule has 0 radical (unpaired) electrons. The SMILES string of the molecule is COC(c1cc(C)c(OCC(=O)O)c(C)c1)(C(F)(F)F)C(F)(F)F. The van der Waals surface area contributed by atoms with Crippen LogP contribution in [0.4, 0.5) is 26.3 Å². The first kappa shape index (κ1) is 20.1. The Morgan fingerprint density at radius 3 is 1.75 bits per heavy atom. The molecule has 0 aliphatic heterocycles. The molecule has 0 aliphatic carbocycles. The Labute approximate surface area is 133 Å². The molecule has 0 aliphatic rings. The van der Waals surface area contributed by atoms with Crippen molar-refractivity contribution in [3.8, 4) is 5.75 Å². The zero-order chi connectivity index (χ0) is 18.9. The molecule has 4 nitrogen and oxygen atoms in total. The standard InChI is InChI=1S/C14H14F6O4/c1-7-4-9(5-8(2)11(7)24-6-10(21)22)12(23-3,13(15,16)17)14(18,19)20/h4-5H,6H2,1-3H3,(H,21,22). The van der Waals surface area contributed by atoms with Gasteiger partial charge in [0.05, 0.1) is 0 Å². The number of halogens is 6. The molecule has 0 amide bonds. The summed E-state index contributed by atoms with van der Waals surface area (Å²) in [5.74, 6) is -1.44. The van der Waals surface area contributed by atoms with Gasteiger partial charge in [-0.3, -0.25) is 0 Å². The summed E-state index contributed by atoms with van der Waals surface area (Å²) in [7, 11) is 0.320. The highest BCUT2D eigenvalue weighted by Gasteiger charge is 2.73. The van der Waals surface area contributed by atoms with Crippen molar-refractivity contribution in [3.05, 3.63) is 28.8 Å². The molecule has 1 N–H and O–H groups in total. The first-order valence-corrected chi connectivity index (χ1v) is 6.43. The van der Waals surface area contributed by atoms with Gasteiger partial charge in [-0.25, -0.2) is 4.79 Å². The Bertz CT molecular complexity index is 584. The molecule has 10 heteroatoms. The van der Waals surface area contributed by atoms with Gasteiger partial charge in [0.1, 0.15) is 5.75 Å². The fourth-order valence-electron chi connectivity index (χ4n) is 2.35. The van der Waals surface area contributed by atoms with Crippen molar-refractivity contribution in [3.63, 3.8) is 0 Å². The average Bonchev–Trinajstić information content (AvgIpc) is 2.35. The predicted molar refractivity (Wildman–Crippen MR) is 69.8 cm³/mol. The van der Waals surface area contributed by atoms with Gasteiger partial charge in [0.15, 0.2) is 6.61 Å². The zero-order valence-electron chi connectivity index (χ0n) is 12.8. The summed E-state index contributed by atoms with van der Waals surface area (Å²) in [6.07, 6.45) is -11.5. The number of carbonyl (C=O) groups is 1. The van der Waals surface area contributed by atoms with E-state index in [1.807, 2.05) is 0 Å². The number of ether oxygens (including phenoxy) is 2. The van der Waals surface area contributed by atoms with E-state index in [1.54, 1.807) is 0 Å². The molecule has 1 aromatic carbocycles. The van der Waals surface area contributed by atoms with E-state index in [0.717, 1.165) is 0 Å². The van der Waals surface area contributed by atoms with Gasteiger partial charge in [-0.2, -0.15) is 26.3 Å². The van der Waals surface area contributed by atoms with Crippen LogP contribution in [0, 0.1) is 13.8 Å². The number of hydrogen-bond acceptors (Lipinski definition) is 3. The van der Waals surface area contributed by atoms with Crippen LogP contribution in [0.1, 0.15) is 16.7 Å². The van der Waals surface area contributed by atoms with E-state index in [4.69, 9.17) is 9.84 Å². The Kier molecular flexibility index (Phi) is 5.44. The van der Waals surface area contributed by atoms with Crippen molar-refractivity contribution in [2.45, 2.75) is 31.8 Å². The lowest BCUT2D eigenvalue weighted by Crippen LogP contribution is -2.55. The van der Waals surface area contributed by atoms with Crippen molar-refractivity contribution in [1.29, 1.82) is 0 Å². The number of benzene rings is 1. The van der Waals surface area contributed by atoms with Gasteiger partial charge in [-0.1, -0.05) is 0 Å². The molecule has 0 spiro atoms. The number of aryl methyl sites for hydroxylation is 2. The molecule has 0 saturated carbocycles. The number of alkyl halides is 6. The highest BCUT2D eigenvalue weighted by atomic mass is 19.4. The van der Waals surface area contributed by atoms with Crippen molar-refractivity contribution >= 4 is 5.97 Å². The maximum absolute atomic E-state index is 13.2. The monoisotopic (exact) mass is 360 g/mol. The number of aliphatic carboxylic acids is 1. The van der Waals surface area contributed by atoms with E-state index in [9.17, 15) is 31.1 Å². The normalized spacial score (nSPS) is 13.0. The largest absolute Gasteiger partial charge is 0.481 e. The maximum atomic E-state index is 13.2. The number of carboxylic acids is 1. The Morgan fingerprint density at radius 1 is 1.04 bits per heavy atom. The molecule has 0 unspecified atom stereocenters. The smallest absolute Gasteiger partial charge is 0.430 e. The van der Waals surface area contributed by atoms with Crippen LogP contribution in [0.3, 0.4) is 0 Å². The molecular formula is C14H14F6O4. The van der Waals surface area contributed by atoms with E-state index in [0.29, 0.717) is 19.2 Å². The van der Waals surface area contributed by atoms with Gasteiger partial charge < -0.3 is 14.6 Å². The lowest BCUT2D eigenvalue weighted by atomic mass is 9.89. The Morgan fingerprint density at radius 2 is 1.46 bits per heavy atom. The minimum atomic E-state index is -5.76. The summed E-state index contributed by atoms with van der Waals surface area (Å²) in [5, 5.41) is 8.55. The van der Waals surface area contributed by atoms with E-state index in [-0.39, 0.29) is 16.9 Å². The molecule has 0 aromatic heterocycles. The lowest BCUT2D eigenvalue weighted by molar-refractivity contribution is -0.383. The Balaban J connectivity index is 3.55. The molecule has 136 valence electrons. The van der Waals surface area contributed by atoms with Crippen molar-refractivity contribution in [2.24, 2.45) is 0 Å². The summed E-state index contributed by atoms with van der Waals surface area (Å²) < 4.78 is 88.1. The van der Waals surface area contributed by atoms with Gasteiger partial charge in [0.2, 0.25) is 0 Å². The molecule has 1 rings (SSSR count). The third-order valence-electron chi connectivity index (χ3n) is 3.31. The van der Waals surface area contributed by atoms with Gasteiger partial charge in [0.25, 0.3) is 5.60 Å². The van der Waals surface area contributed by atoms with Crippen LogP contribution >= 0.6 is 0 Å². The summed E-state index contributed by atoms with van der Waals surface area (Å²) in [6.45, 7) is 1.64. The first-order valence-electron chi connectivity index (χ1n) is 6.43. The highest BCUT2D eigenvalue weighted by Crippen LogP contribution is 2.53. The molecule has 1 aromatic rings. The molecule has 0 heterocycles. The van der Waals surface area contributed by atoms with E-state index in [2.05, 4.69) is 4.74 Å². The Hall–Kier alpha value is -1.97. The molecule has 0 saturated heterocycles. The van der Waals surface area contributed by atoms with Crippen LogP contribution in [0.15, 0.2) is 12.1 Å².